The lowest BCUT2D eigenvalue weighted by molar-refractivity contribution is -0.00278. The second kappa shape index (κ2) is 5.96. The van der Waals surface area contributed by atoms with E-state index in [0.717, 1.165) is 6.42 Å². The van der Waals surface area contributed by atoms with Crippen molar-refractivity contribution < 1.29 is 13.2 Å². The van der Waals surface area contributed by atoms with Gasteiger partial charge in [0, 0.05) is 25.8 Å². The summed E-state index contributed by atoms with van der Waals surface area (Å²) >= 11 is 0. The predicted octanol–water partition coefficient (Wildman–Crippen LogP) is 0.340. The van der Waals surface area contributed by atoms with Crippen molar-refractivity contribution in [2.24, 2.45) is 5.73 Å². The molecule has 2 rings (SSSR count). The van der Waals surface area contributed by atoms with Gasteiger partial charge in [0.25, 0.3) is 0 Å². The highest BCUT2D eigenvalue weighted by atomic mass is 32.2. The van der Waals surface area contributed by atoms with Crippen LogP contribution in [-0.4, -0.2) is 43.5 Å². The summed E-state index contributed by atoms with van der Waals surface area (Å²) in [6.07, 6.45) is 2.14. The van der Waals surface area contributed by atoms with E-state index in [9.17, 15) is 8.42 Å². The molecule has 0 bridgehead atoms. The van der Waals surface area contributed by atoms with Crippen molar-refractivity contribution in [3.05, 3.63) is 24.0 Å². The fourth-order valence-electron chi connectivity index (χ4n) is 1.99. The van der Waals surface area contributed by atoms with Crippen LogP contribution in [0.3, 0.4) is 0 Å². The first kappa shape index (κ1) is 14.4. The Morgan fingerprint density at radius 1 is 1.53 bits per heavy atom. The predicted molar refractivity (Wildman–Crippen MR) is 70.9 cm³/mol. The molecule has 2 heterocycles. The molecule has 0 radical (unpaired) electrons. The molecule has 0 spiro atoms. The molecule has 1 saturated heterocycles. The highest BCUT2D eigenvalue weighted by Crippen LogP contribution is 2.19. The Bertz CT molecular complexity index is 516. The zero-order valence-electron chi connectivity index (χ0n) is 10.9. The van der Waals surface area contributed by atoms with E-state index in [2.05, 4.69) is 4.98 Å². The van der Waals surface area contributed by atoms with E-state index in [1.54, 1.807) is 12.1 Å². The quantitative estimate of drug-likeness (QED) is 0.862. The van der Waals surface area contributed by atoms with Crippen molar-refractivity contribution in [3.8, 4) is 0 Å². The van der Waals surface area contributed by atoms with Gasteiger partial charge < -0.3 is 10.5 Å². The molecular weight excluding hydrogens is 266 g/mol. The van der Waals surface area contributed by atoms with Gasteiger partial charge in [-0.05, 0) is 18.6 Å². The lowest BCUT2D eigenvalue weighted by Gasteiger charge is -2.31. The lowest BCUT2D eigenvalue weighted by Crippen LogP contribution is -2.45. The third-order valence-corrected chi connectivity index (χ3v) is 5.05. The van der Waals surface area contributed by atoms with Gasteiger partial charge in [0.15, 0.2) is 0 Å². The van der Waals surface area contributed by atoms with Gasteiger partial charge >= 0.3 is 0 Å². The number of rotatable bonds is 4. The summed E-state index contributed by atoms with van der Waals surface area (Å²) in [5, 5.41) is 0. The summed E-state index contributed by atoms with van der Waals surface area (Å²) in [6.45, 7) is 3.51. The number of sulfonamides is 1. The third-order valence-electron chi connectivity index (χ3n) is 3.20. The summed E-state index contributed by atoms with van der Waals surface area (Å²) in [7, 11) is -3.48. The van der Waals surface area contributed by atoms with Crippen LogP contribution in [0.2, 0.25) is 0 Å². The number of nitrogens with two attached hydrogens (primary N) is 1. The molecule has 1 unspecified atom stereocenters. The number of ether oxygens (including phenoxy) is 1. The Hall–Kier alpha value is -1.02. The van der Waals surface area contributed by atoms with E-state index in [0.29, 0.717) is 31.9 Å². The summed E-state index contributed by atoms with van der Waals surface area (Å²) in [5.74, 6) is 0. The molecule has 1 aromatic rings. The van der Waals surface area contributed by atoms with Crippen molar-refractivity contribution in [2.45, 2.75) is 30.9 Å². The summed E-state index contributed by atoms with van der Waals surface area (Å²) < 4.78 is 31.8. The van der Waals surface area contributed by atoms with Crippen molar-refractivity contribution in [3.63, 3.8) is 0 Å². The van der Waals surface area contributed by atoms with E-state index in [4.69, 9.17) is 10.5 Å². The van der Waals surface area contributed by atoms with E-state index in [1.807, 2.05) is 6.92 Å². The van der Waals surface area contributed by atoms with Gasteiger partial charge in [-0.3, -0.25) is 4.98 Å². The Morgan fingerprint density at radius 2 is 2.32 bits per heavy atom. The second-order valence-electron chi connectivity index (χ2n) is 4.45. The zero-order valence-corrected chi connectivity index (χ0v) is 11.8. The van der Waals surface area contributed by atoms with Crippen LogP contribution in [-0.2, 0) is 21.3 Å². The smallest absolute Gasteiger partial charge is 0.244 e. The van der Waals surface area contributed by atoms with Gasteiger partial charge in [-0.1, -0.05) is 6.92 Å². The minimum atomic E-state index is -3.48. The molecule has 6 nitrogen and oxygen atoms in total. The van der Waals surface area contributed by atoms with Crippen molar-refractivity contribution >= 4 is 10.0 Å². The fraction of sp³-hybridized carbons (Fsp3) is 0.583. The van der Waals surface area contributed by atoms with Gasteiger partial charge in [-0.2, -0.15) is 4.31 Å². The average Bonchev–Trinajstić information content (AvgIpc) is 2.47. The van der Waals surface area contributed by atoms with Crippen molar-refractivity contribution in [1.29, 1.82) is 0 Å². The average molecular weight is 285 g/mol. The van der Waals surface area contributed by atoms with Crippen LogP contribution >= 0.6 is 0 Å². The second-order valence-corrected chi connectivity index (χ2v) is 6.39. The Morgan fingerprint density at radius 3 is 2.89 bits per heavy atom. The van der Waals surface area contributed by atoms with E-state index < -0.39 is 10.0 Å². The molecule has 106 valence electrons. The van der Waals surface area contributed by atoms with Gasteiger partial charge in [-0.15, -0.1) is 0 Å². The maximum absolute atomic E-state index is 12.4. The molecule has 0 amide bonds. The summed E-state index contributed by atoms with van der Waals surface area (Å²) in [6, 6.07) is 3.20. The first-order valence-corrected chi connectivity index (χ1v) is 7.78. The van der Waals surface area contributed by atoms with Gasteiger partial charge in [0.05, 0.1) is 18.4 Å². The highest BCUT2D eigenvalue weighted by molar-refractivity contribution is 7.89. The van der Waals surface area contributed by atoms with Gasteiger partial charge in [-0.25, -0.2) is 8.42 Å². The number of aromatic nitrogens is 1. The zero-order chi connectivity index (χ0) is 13.9. The first-order valence-electron chi connectivity index (χ1n) is 6.34. The molecule has 0 aromatic carbocycles. The van der Waals surface area contributed by atoms with Crippen LogP contribution < -0.4 is 5.73 Å². The minimum Gasteiger partial charge on any atom is -0.375 e. The van der Waals surface area contributed by atoms with Crippen molar-refractivity contribution in [2.75, 3.05) is 19.7 Å². The van der Waals surface area contributed by atoms with Crippen LogP contribution in [0.4, 0.5) is 0 Å². The maximum Gasteiger partial charge on any atom is 0.244 e. The molecule has 1 aliphatic rings. The van der Waals surface area contributed by atoms with Crippen molar-refractivity contribution in [1.82, 2.24) is 9.29 Å². The number of morpholine rings is 1. The molecule has 1 aromatic heterocycles. The summed E-state index contributed by atoms with van der Waals surface area (Å²) in [5.41, 5.74) is 6.12. The van der Waals surface area contributed by atoms with E-state index >= 15 is 0 Å². The van der Waals surface area contributed by atoms with Crippen LogP contribution in [0.25, 0.3) is 0 Å². The first-order chi connectivity index (χ1) is 9.07. The molecule has 1 atom stereocenters. The Balaban J connectivity index is 2.20. The summed E-state index contributed by atoms with van der Waals surface area (Å²) in [4.78, 5) is 4.25. The van der Waals surface area contributed by atoms with E-state index in [-0.39, 0.29) is 11.0 Å². The SMILES string of the molecule is CCC1CN(S(=O)(=O)c2ccc(CN)nc2)CCO1. The van der Waals surface area contributed by atoms with Gasteiger partial charge in [0.2, 0.25) is 10.0 Å². The minimum absolute atomic E-state index is 0.0280. The normalized spacial score (nSPS) is 21.5. The molecule has 1 fully saturated rings. The number of nitrogens with zero attached hydrogens (tertiary/aromatic N) is 2. The molecule has 7 heteroatoms. The lowest BCUT2D eigenvalue weighted by atomic mass is 10.2. The number of hydrogen-bond acceptors (Lipinski definition) is 5. The Kier molecular flexibility index (Phi) is 4.51. The van der Waals surface area contributed by atoms with Crippen LogP contribution in [0.15, 0.2) is 23.2 Å². The standard InChI is InChI=1S/C12H19N3O3S/c1-2-11-9-15(5-6-18-11)19(16,17)12-4-3-10(7-13)14-8-12/h3-4,8,11H,2,5-7,9,13H2,1H3. The van der Waals surface area contributed by atoms with Crippen LogP contribution in [0.5, 0.6) is 0 Å². The maximum atomic E-state index is 12.4. The fourth-order valence-corrected chi connectivity index (χ4v) is 3.39. The van der Waals surface area contributed by atoms with Crippen LogP contribution in [0, 0.1) is 0 Å². The third kappa shape index (κ3) is 3.11. The molecule has 19 heavy (non-hydrogen) atoms. The largest absolute Gasteiger partial charge is 0.375 e. The number of pyridine rings is 1. The van der Waals surface area contributed by atoms with E-state index in [1.165, 1.54) is 10.5 Å². The molecular formula is C12H19N3O3S. The molecule has 0 saturated carbocycles. The molecule has 1 aliphatic heterocycles. The molecule has 2 N–H and O–H groups in total. The topological polar surface area (TPSA) is 85.5 Å². The molecule has 0 aliphatic carbocycles. The highest BCUT2D eigenvalue weighted by Gasteiger charge is 2.30. The Labute approximate surface area is 113 Å². The number of hydrogen-bond donors (Lipinski definition) is 1. The van der Waals surface area contributed by atoms with Gasteiger partial charge in [0.1, 0.15) is 4.90 Å². The van der Waals surface area contributed by atoms with Crippen LogP contribution in [0.1, 0.15) is 19.0 Å². The monoisotopic (exact) mass is 285 g/mol.